The molecular formula is C15H16N2O3. The van der Waals surface area contributed by atoms with Gasteiger partial charge in [0.1, 0.15) is 11.5 Å². The minimum atomic E-state index is -0.195. The quantitative estimate of drug-likeness (QED) is 0.657. The maximum absolute atomic E-state index is 12.4. The Hall–Kier alpha value is -2.69. The fraction of sp³-hybridized carbons (Fsp3) is 0.133. The Balaban J connectivity index is 2.40. The third-order valence-electron chi connectivity index (χ3n) is 3.06. The van der Waals surface area contributed by atoms with Gasteiger partial charge < -0.3 is 20.9 Å². The van der Waals surface area contributed by atoms with Crippen LogP contribution in [0.4, 0.5) is 11.4 Å². The first-order chi connectivity index (χ1) is 9.58. The Morgan fingerprint density at radius 1 is 0.900 bits per heavy atom. The van der Waals surface area contributed by atoms with Gasteiger partial charge in [-0.15, -0.1) is 0 Å². The van der Waals surface area contributed by atoms with Gasteiger partial charge in [-0.05, 0) is 36.4 Å². The van der Waals surface area contributed by atoms with E-state index in [4.69, 9.17) is 20.9 Å². The lowest BCUT2D eigenvalue weighted by atomic mass is 10.0. The summed E-state index contributed by atoms with van der Waals surface area (Å²) in [5.74, 6) is 0.942. The Morgan fingerprint density at radius 3 is 2.10 bits per heavy atom. The van der Waals surface area contributed by atoms with Crippen LogP contribution in [0.25, 0.3) is 0 Å². The molecule has 0 saturated carbocycles. The third-order valence-corrected chi connectivity index (χ3v) is 3.06. The van der Waals surface area contributed by atoms with Crippen LogP contribution in [0.5, 0.6) is 11.5 Å². The van der Waals surface area contributed by atoms with E-state index in [1.807, 2.05) is 0 Å². The molecule has 0 heterocycles. The number of carbonyl (C=O) groups is 1. The summed E-state index contributed by atoms with van der Waals surface area (Å²) in [5, 5.41) is 0. The highest BCUT2D eigenvalue weighted by molar-refractivity contribution is 6.13. The van der Waals surface area contributed by atoms with Crippen molar-refractivity contribution in [3.63, 3.8) is 0 Å². The van der Waals surface area contributed by atoms with Crippen LogP contribution in [-0.2, 0) is 0 Å². The topological polar surface area (TPSA) is 87.6 Å². The molecule has 0 bridgehead atoms. The van der Waals surface area contributed by atoms with Gasteiger partial charge >= 0.3 is 0 Å². The number of methoxy groups -OCH3 is 2. The largest absolute Gasteiger partial charge is 0.497 e. The molecule has 2 aromatic rings. The molecule has 0 radical (unpaired) electrons. The summed E-state index contributed by atoms with van der Waals surface area (Å²) in [6.07, 6.45) is 0. The molecular weight excluding hydrogens is 256 g/mol. The van der Waals surface area contributed by atoms with E-state index in [0.29, 0.717) is 22.6 Å². The van der Waals surface area contributed by atoms with Crippen molar-refractivity contribution in [3.05, 3.63) is 47.5 Å². The highest BCUT2D eigenvalue weighted by Gasteiger charge is 2.16. The number of benzene rings is 2. The van der Waals surface area contributed by atoms with E-state index in [1.54, 1.807) is 43.5 Å². The van der Waals surface area contributed by atoms with Crippen LogP contribution in [0.15, 0.2) is 36.4 Å². The predicted molar refractivity (Wildman–Crippen MR) is 78.2 cm³/mol. The first-order valence-electron chi connectivity index (χ1n) is 5.99. The lowest BCUT2D eigenvalue weighted by Gasteiger charge is -2.11. The summed E-state index contributed by atoms with van der Waals surface area (Å²) in [6.45, 7) is 0. The van der Waals surface area contributed by atoms with Crippen molar-refractivity contribution in [1.82, 2.24) is 0 Å². The standard InChI is InChI=1S/C15H16N2O3/c1-19-10-5-3-9(4-6-10)15(18)11-7-8-12(20-2)14(17)13(11)16/h3-8H,16-17H2,1-2H3. The van der Waals surface area contributed by atoms with E-state index in [2.05, 4.69) is 0 Å². The summed E-state index contributed by atoms with van der Waals surface area (Å²) in [6, 6.07) is 10.0. The molecule has 5 nitrogen and oxygen atoms in total. The van der Waals surface area contributed by atoms with Gasteiger partial charge in [0.2, 0.25) is 0 Å². The van der Waals surface area contributed by atoms with Gasteiger partial charge in [-0.2, -0.15) is 0 Å². The average Bonchev–Trinajstić information content (AvgIpc) is 2.49. The molecule has 0 aliphatic rings. The Bertz CT molecular complexity index is 636. The first kappa shape index (κ1) is 13.7. The molecule has 4 N–H and O–H groups in total. The molecule has 0 aliphatic heterocycles. The molecule has 0 amide bonds. The molecule has 0 aliphatic carbocycles. The van der Waals surface area contributed by atoms with E-state index in [0.717, 1.165) is 0 Å². The Morgan fingerprint density at radius 2 is 1.55 bits per heavy atom. The number of ketones is 1. The van der Waals surface area contributed by atoms with Crippen molar-refractivity contribution in [2.75, 3.05) is 25.7 Å². The summed E-state index contributed by atoms with van der Waals surface area (Å²) in [5.41, 5.74) is 13.1. The van der Waals surface area contributed by atoms with Gasteiger partial charge in [0.05, 0.1) is 25.6 Å². The first-order valence-corrected chi connectivity index (χ1v) is 5.99. The van der Waals surface area contributed by atoms with Gasteiger partial charge in [-0.25, -0.2) is 0 Å². The number of rotatable bonds is 4. The number of ether oxygens (including phenoxy) is 2. The maximum atomic E-state index is 12.4. The highest BCUT2D eigenvalue weighted by Crippen LogP contribution is 2.31. The van der Waals surface area contributed by atoms with Crippen molar-refractivity contribution in [1.29, 1.82) is 0 Å². The van der Waals surface area contributed by atoms with E-state index in [1.165, 1.54) is 7.11 Å². The SMILES string of the molecule is COc1ccc(C(=O)c2ccc(OC)c(N)c2N)cc1. The number of hydrogen-bond donors (Lipinski definition) is 2. The normalized spacial score (nSPS) is 10.1. The van der Waals surface area contributed by atoms with Crippen LogP contribution >= 0.6 is 0 Å². The van der Waals surface area contributed by atoms with Gasteiger partial charge in [0, 0.05) is 11.1 Å². The molecule has 0 aromatic heterocycles. The number of hydrogen-bond acceptors (Lipinski definition) is 5. The van der Waals surface area contributed by atoms with Gasteiger partial charge in [0.25, 0.3) is 0 Å². The molecule has 104 valence electrons. The zero-order valence-electron chi connectivity index (χ0n) is 11.3. The zero-order chi connectivity index (χ0) is 14.7. The van der Waals surface area contributed by atoms with Crippen LogP contribution in [0.1, 0.15) is 15.9 Å². The molecule has 2 aromatic carbocycles. The lowest BCUT2D eigenvalue weighted by Crippen LogP contribution is -2.08. The second-order valence-electron chi connectivity index (χ2n) is 4.20. The summed E-state index contributed by atoms with van der Waals surface area (Å²) < 4.78 is 10.1. The summed E-state index contributed by atoms with van der Waals surface area (Å²) in [4.78, 5) is 12.4. The van der Waals surface area contributed by atoms with Crippen LogP contribution < -0.4 is 20.9 Å². The smallest absolute Gasteiger partial charge is 0.195 e. The fourth-order valence-electron chi connectivity index (χ4n) is 1.89. The van der Waals surface area contributed by atoms with E-state index in [9.17, 15) is 4.79 Å². The summed E-state index contributed by atoms with van der Waals surface area (Å²) >= 11 is 0. The second kappa shape index (κ2) is 5.52. The highest BCUT2D eigenvalue weighted by atomic mass is 16.5. The van der Waals surface area contributed by atoms with Crippen LogP contribution in [0.3, 0.4) is 0 Å². The third kappa shape index (κ3) is 2.38. The molecule has 0 atom stereocenters. The number of carbonyl (C=O) groups excluding carboxylic acids is 1. The number of nitrogens with two attached hydrogens (primary N) is 2. The van der Waals surface area contributed by atoms with Crippen molar-refractivity contribution in [2.45, 2.75) is 0 Å². The molecule has 0 unspecified atom stereocenters. The number of nitrogen functional groups attached to an aromatic ring is 2. The minimum Gasteiger partial charge on any atom is -0.497 e. The van der Waals surface area contributed by atoms with Crippen molar-refractivity contribution in [3.8, 4) is 11.5 Å². The molecule has 0 fully saturated rings. The molecule has 20 heavy (non-hydrogen) atoms. The molecule has 2 rings (SSSR count). The zero-order valence-corrected chi connectivity index (χ0v) is 11.3. The van der Waals surface area contributed by atoms with Gasteiger partial charge in [0.15, 0.2) is 5.78 Å². The monoisotopic (exact) mass is 272 g/mol. The van der Waals surface area contributed by atoms with Crippen molar-refractivity contribution < 1.29 is 14.3 Å². The van der Waals surface area contributed by atoms with E-state index in [-0.39, 0.29) is 17.2 Å². The van der Waals surface area contributed by atoms with Crippen molar-refractivity contribution >= 4 is 17.2 Å². The average molecular weight is 272 g/mol. The van der Waals surface area contributed by atoms with E-state index < -0.39 is 0 Å². The van der Waals surface area contributed by atoms with Crippen LogP contribution in [0.2, 0.25) is 0 Å². The van der Waals surface area contributed by atoms with Crippen LogP contribution in [0, 0.1) is 0 Å². The second-order valence-corrected chi connectivity index (χ2v) is 4.20. The molecule has 0 saturated heterocycles. The molecule has 5 heteroatoms. The minimum absolute atomic E-state index is 0.195. The Labute approximate surface area is 117 Å². The molecule has 0 spiro atoms. The maximum Gasteiger partial charge on any atom is 0.195 e. The van der Waals surface area contributed by atoms with Gasteiger partial charge in [-0.1, -0.05) is 0 Å². The van der Waals surface area contributed by atoms with Crippen molar-refractivity contribution in [2.24, 2.45) is 0 Å². The summed E-state index contributed by atoms with van der Waals surface area (Å²) in [7, 11) is 3.06. The number of anilines is 2. The van der Waals surface area contributed by atoms with Crippen LogP contribution in [-0.4, -0.2) is 20.0 Å². The predicted octanol–water partition coefficient (Wildman–Crippen LogP) is 2.10. The lowest BCUT2D eigenvalue weighted by molar-refractivity contribution is 0.103. The van der Waals surface area contributed by atoms with E-state index >= 15 is 0 Å². The Kier molecular flexibility index (Phi) is 3.79. The van der Waals surface area contributed by atoms with Gasteiger partial charge in [-0.3, -0.25) is 4.79 Å². The fourth-order valence-corrected chi connectivity index (χ4v) is 1.89.